The number of carboxylic acid groups (broad SMARTS) is 1. The zero-order chi connectivity index (χ0) is 12.8. The third kappa shape index (κ3) is 4.56. The number of carboxylic acids is 1. The van der Waals surface area contributed by atoms with Crippen LogP contribution in [-0.2, 0) is 11.3 Å². The van der Waals surface area contributed by atoms with E-state index in [1.54, 1.807) is 6.20 Å². The number of aryl methyl sites for hydroxylation is 1. The molecule has 0 atom stereocenters. The predicted molar refractivity (Wildman–Crippen MR) is 65.9 cm³/mol. The smallest absolute Gasteiger partial charge is 0.304 e. The molecule has 5 heteroatoms. The fraction of sp³-hybridized carbons (Fsp3) is 0.667. The van der Waals surface area contributed by atoms with Crippen molar-refractivity contribution in [3.63, 3.8) is 0 Å². The van der Waals surface area contributed by atoms with E-state index in [2.05, 4.69) is 28.3 Å². The van der Waals surface area contributed by atoms with Gasteiger partial charge in [0, 0.05) is 38.1 Å². The third-order valence-corrected chi connectivity index (χ3v) is 2.89. The van der Waals surface area contributed by atoms with Crippen LogP contribution in [0.2, 0.25) is 0 Å². The van der Waals surface area contributed by atoms with Crippen LogP contribution in [0.3, 0.4) is 0 Å². The highest BCUT2D eigenvalue weighted by atomic mass is 16.4. The SMILES string of the molecule is Cc1nccn1CCN(CCC(=O)O)C(C)C. The Morgan fingerprint density at radius 2 is 2.24 bits per heavy atom. The lowest BCUT2D eigenvalue weighted by Gasteiger charge is -2.26. The Morgan fingerprint density at radius 1 is 1.53 bits per heavy atom. The molecule has 0 saturated heterocycles. The molecule has 0 unspecified atom stereocenters. The average Bonchev–Trinajstić information content (AvgIpc) is 2.63. The van der Waals surface area contributed by atoms with Gasteiger partial charge in [0.2, 0.25) is 0 Å². The first-order valence-corrected chi connectivity index (χ1v) is 5.94. The van der Waals surface area contributed by atoms with Crippen molar-refractivity contribution in [3.05, 3.63) is 18.2 Å². The molecule has 1 aromatic heterocycles. The number of hydrogen-bond acceptors (Lipinski definition) is 3. The van der Waals surface area contributed by atoms with Crippen molar-refractivity contribution in [2.24, 2.45) is 0 Å². The summed E-state index contributed by atoms with van der Waals surface area (Å²) in [6.45, 7) is 8.44. The molecule has 0 saturated carbocycles. The molecule has 0 fully saturated rings. The lowest BCUT2D eigenvalue weighted by atomic mass is 10.3. The average molecular weight is 239 g/mol. The molecule has 0 aliphatic carbocycles. The molecule has 1 rings (SSSR count). The molecule has 5 nitrogen and oxygen atoms in total. The summed E-state index contributed by atoms with van der Waals surface area (Å²) in [5.41, 5.74) is 0. The second-order valence-corrected chi connectivity index (χ2v) is 4.44. The van der Waals surface area contributed by atoms with E-state index in [4.69, 9.17) is 5.11 Å². The summed E-state index contributed by atoms with van der Waals surface area (Å²) in [7, 11) is 0. The van der Waals surface area contributed by atoms with Crippen LogP contribution in [0.5, 0.6) is 0 Å². The van der Waals surface area contributed by atoms with Crippen LogP contribution in [0.1, 0.15) is 26.1 Å². The molecule has 0 amide bonds. The second-order valence-electron chi connectivity index (χ2n) is 4.44. The number of nitrogens with zero attached hydrogens (tertiary/aromatic N) is 3. The van der Waals surface area contributed by atoms with Crippen LogP contribution in [0.4, 0.5) is 0 Å². The molecule has 0 spiro atoms. The maximum atomic E-state index is 10.6. The van der Waals surface area contributed by atoms with Gasteiger partial charge in [-0.25, -0.2) is 4.98 Å². The van der Waals surface area contributed by atoms with Gasteiger partial charge >= 0.3 is 5.97 Å². The highest BCUT2D eigenvalue weighted by Crippen LogP contribution is 2.02. The number of imidazole rings is 1. The number of aliphatic carboxylic acids is 1. The van der Waals surface area contributed by atoms with Gasteiger partial charge in [-0.2, -0.15) is 0 Å². The first kappa shape index (κ1) is 13.7. The number of aromatic nitrogens is 2. The van der Waals surface area contributed by atoms with Gasteiger partial charge in [-0.1, -0.05) is 0 Å². The topological polar surface area (TPSA) is 58.4 Å². The van der Waals surface area contributed by atoms with Crippen molar-refractivity contribution >= 4 is 5.97 Å². The quantitative estimate of drug-likeness (QED) is 0.781. The number of carbonyl (C=O) groups is 1. The van der Waals surface area contributed by atoms with Crippen LogP contribution >= 0.6 is 0 Å². The maximum Gasteiger partial charge on any atom is 0.304 e. The molecule has 17 heavy (non-hydrogen) atoms. The Balaban J connectivity index is 2.44. The first-order chi connectivity index (χ1) is 8.00. The van der Waals surface area contributed by atoms with Crippen molar-refractivity contribution < 1.29 is 9.90 Å². The minimum absolute atomic E-state index is 0.196. The molecule has 1 heterocycles. The highest BCUT2D eigenvalue weighted by molar-refractivity contribution is 5.66. The molecule has 0 aliphatic rings. The molecular formula is C12H21N3O2. The van der Waals surface area contributed by atoms with Crippen molar-refractivity contribution in [1.29, 1.82) is 0 Å². The summed E-state index contributed by atoms with van der Waals surface area (Å²) in [4.78, 5) is 16.9. The summed E-state index contributed by atoms with van der Waals surface area (Å²) in [6, 6.07) is 0.359. The monoisotopic (exact) mass is 239 g/mol. The molecule has 0 radical (unpaired) electrons. The molecule has 0 aliphatic heterocycles. The van der Waals surface area contributed by atoms with Crippen LogP contribution in [0.15, 0.2) is 12.4 Å². The Labute approximate surface area is 102 Å². The predicted octanol–water partition coefficient (Wildman–Crippen LogP) is 1.38. The summed E-state index contributed by atoms with van der Waals surface area (Å²) < 4.78 is 2.08. The zero-order valence-electron chi connectivity index (χ0n) is 10.8. The fourth-order valence-corrected chi connectivity index (χ4v) is 1.74. The lowest BCUT2D eigenvalue weighted by molar-refractivity contribution is -0.137. The Bertz CT molecular complexity index is 360. The summed E-state index contributed by atoms with van der Waals surface area (Å²) in [5, 5.41) is 8.70. The van der Waals surface area contributed by atoms with Crippen LogP contribution in [0.25, 0.3) is 0 Å². The lowest BCUT2D eigenvalue weighted by Crippen LogP contribution is -2.35. The van der Waals surface area contributed by atoms with Gasteiger partial charge in [0.1, 0.15) is 5.82 Å². The largest absolute Gasteiger partial charge is 0.481 e. The van der Waals surface area contributed by atoms with Gasteiger partial charge in [-0.3, -0.25) is 9.69 Å². The molecule has 0 bridgehead atoms. The van der Waals surface area contributed by atoms with E-state index in [9.17, 15) is 4.79 Å². The van der Waals surface area contributed by atoms with E-state index >= 15 is 0 Å². The third-order valence-electron chi connectivity index (χ3n) is 2.89. The van der Waals surface area contributed by atoms with E-state index < -0.39 is 5.97 Å². The maximum absolute atomic E-state index is 10.6. The van der Waals surface area contributed by atoms with Crippen LogP contribution in [-0.4, -0.2) is 44.7 Å². The molecule has 0 aromatic carbocycles. The van der Waals surface area contributed by atoms with Gasteiger partial charge in [-0.05, 0) is 20.8 Å². The Kier molecular flexibility index (Phi) is 5.15. The van der Waals surface area contributed by atoms with Crippen LogP contribution in [0, 0.1) is 6.92 Å². The van der Waals surface area contributed by atoms with Gasteiger partial charge in [0.05, 0.1) is 6.42 Å². The van der Waals surface area contributed by atoms with E-state index in [1.165, 1.54) is 0 Å². The Hall–Kier alpha value is -1.36. The van der Waals surface area contributed by atoms with Gasteiger partial charge in [0.15, 0.2) is 0 Å². The van der Waals surface area contributed by atoms with E-state index in [0.29, 0.717) is 12.6 Å². The minimum Gasteiger partial charge on any atom is -0.481 e. The first-order valence-electron chi connectivity index (χ1n) is 5.94. The highest BCUT2D eigenvalue weighted by Gasteiger charge is 2.11. The van der Waals surface area contributed by atoms with Crippen molar-refractivity contribution in [2.45, 2.75) is 39.8 Å². The number of rotatable bonds is 7. The number of hydrogen-bond donors (Lipinski definition) is 1. The van der Waals surface area contributed by atoms with E-state index in [1.807, 2.05) is 13.1 Å². The standard InChI is InChI=1S/C12H21N3O2/c1-10(2)14(6-4-12(16)17)8-9-15-7-5-13-11(15)3/h5,7,10H,4,6,8-9H2,1-3H3,(H,16,17). The normalized spacial score (nSPS) is 11.4. The molecule has 1 N–H and O–H groups in total. The van der Waals surface area contributed by atoms with Crippen molar-refractivity contribution in [2.75, 3.05) is 13.1 Å². The van der Waals surface area contributed by atoms with E-state index in [0.717, 1.165) is 18.9 Å². The molecular weight excluding hydrogens is 218 g/mol. The van der Waals surface area contributed by atoms with Crippen molar-refractivity contribution in [3.8, 4) is 0 Å². The minimum atomic E-state index is -0.741. The van der Waals surface area contributed by atoms with Gasteiger partial charge in [-0.15, -0.1) is 0 Å². The summed E-state index contributed by atoms with van der Waals surface area (Å²) in [5.74, 6) is 0.251. The fourth-order valence-electron chi connectivity index (χ4n) is 1.74. The van der Waals surface area contributed by atoms with E-state index in [-0.39, 0.29) is 6.42 Å². The summed E-state index contributed by atoms with van der Waals surface area (Å²) >= 11 is 0. The second kappa shape index (κ2) is 6.39. The zero-order valence-corrected chi connectivity index (χ0v) is 10.8. The molecule has 96 valence electrons. The van der Waals surface area contributed by atoms with Gasteiger partial charge < -0.3 is 9.67 Å². The summed E-state index contributed by atoms with van der Waals surface area (Å²) in [6.07, 6.45) is 3.93. The van der Waals surface area contributed by atoms with Crippen LogP contribution < -0.4 is 0 Å². The molecule has 1 aromatic rings. The van der Waals surface area contributed by atoms with Gasteiger partial charge in [0.25, 0.3) is 0 Å². The van der Waals surface area contributed by atoms with Crippen molar-refractivity contribution in [1.82, 2.24) is 14.5 Å². The Morgan fingerprint density at radius 3 is 2.71 bits per heavy atom.